The second-order valence-electron chi connectivity index (χ2n) is 6.08. The van der Waals surface area contributed by atoms with Crippen LogP contribution in [0.4, 0.5) is 0 Å². The molecular formula is C15H30ClN3O. The Morgan fingerprint density at radius 3 is 2.40 bits per heavy atom. The molecule has 2 aliphatic rings. The number of carbonyl (C=O) groups is 1. The smallest absolute Gasteiger partial charge is 0.234 e. The number of hydrogen-bond acceptors (Lipinski definition) is 3. The number of nitrogens with zero attached hydrogens (tertiary/aromatic N) is 1. The van der Waals surface area contributed by atoms with Crippen molar-refractivity contribution < 1.29 is 4.79 Å². The zero-order valence-corrected chi connectivity index (χ0v) is 13.5. The van der Waals surface area contributed by atoms with Gasteiger partial charge in [0, 0.05) is 6.04 Å². The standard InChI is InChI=1S/C15H29N3O.ClH/c1-2-16-11-13-7-9-18(10-8-13)12-15(19)17-14-5-3-4-6-14;/h13-14,16H,2-12H2,1H3,(H,17,19);1H. The summed E-state index contributed by atoms with van der Waals surface area (Å²) in [5.74, 6) is 1.03. The highest BCUT2D eigenvalue weighted by Gasteiger charge is 2.22. The van der Waals surface area contributed by atoms with Crippen molar-refractivity contribution in [3.05, 3.63) is 0 Å². The number of hydrogen-bond donors (Lipinski definition) is 2. The second-order valence-corrected chi connectivity index (χ2v) is 6.08. The number of rotatable bonds is 6. The van der Waals surface area contributed by atoms with Crippen LogP contribution in [0.2, 0.25) is 0 Å². The molecule has 0 aromatic rings. The number of carbonyl (C=O) groups excluding carboxylic acids is 1. The van der Waals surface area contributed by atoms with Crippen molar-refractivity contribution in [1.29, 1.82) is 0 Å². The van der Waals surface area contributed by atoms with Crippen LogP contribution in [0.5, 0.6) is 0 Å². The van der Waals surface area contributed by atoms with E-state index in [1.165, 1.54) is 38.5 Å². The van der Waals surface area contributed by atoms with Crippen molar-refractivity contribution in [2.24, 2.45) is 5.92 Å². The van der Waals surface area contributed by atoms with E-state index in [1.54, 1.807) is 0 Å². The van der Waals surface area contributed by atoms with Crippen LogP contribution in [0.15, 0.2) is 0 Å². The Bertz CT molecular complexity index is 274. The molecule has 0 unspecified atom stereocenters. The summed E-state index contributed by atoms with van der Waals surface area (Å²) in [4.78, 5) is 14.3. The molecule has 1 amide bonds. The molecule has 0 radical (unpaired) electrons. The van der Waals surface area contributed by atoms with E-state index >= 15 is 0 Å². The van der Waals surface area contributed by atoms with Crippen LogP contribution < -0.4 is 10.6 Å². The second kappa shape index (κ2) is 9.59. The normalized spacial score (nSPS) is 21.6. The van der Waals surface area contributed by atoms with E-state index < -0.39 is 0 Å². The lowest BCUT2D eigenvalue weighted by atomic mass is 9.97. The predicted octanol–water partition coefficient (Wildman–Crippen LogP) is 1.79. The molecule has 2 rings (SSSR count). The molecular weight excluding hydrogens is 274 g/mol. The lowest BCUT2D eigenvalue weighted by molar-refractivity contribution is -0.123. The van der Waals surface area contributed by atoms with Gasteiger partial charge in [0.2, 0.25) is 5.91 Å². The average Bonchev–Trinajstić information content (AvgIpc) is 2.90. The van der Waals surface area contributed by atoms with Gasteiger partial charge in [0.15, 0.2) is 0 Å². The molecule has 1 aliphatic heterocycles. The van der Waals surface area contributed by atoms with Crippen molar-refractivity contribution >= 4 is 18.3 Å². The maximum absolute atomic E-state index is 12.0. The summed E-state index contributed by atoms with van der Waals surface area (Å²) in [5, 5.41) is 6.60. The van der Waals surface area contributed by atoms with Gasteiger partial charge in [-0.25, -0.2) is 0 Å². The van der Waals surface area contributed by atoms with Gasteiger partial charge >= 0.3 is 0 Å². The van der Waals surface area contributed by atoms with Crippen LogP contribution in [0.1, 0.15) is 45.4 Å². The fraction of sp³-hybridized carbons (Fsp3) is 0.933. The van der Waals surface area contributed by atoms with E-state index in [2.05, 4.69) is 22.5 Å². The van der Waals surface area contributed by atoms with Gasteiger partial charge in [-0.3, -0.25) is 9.69 Å². The first-order chi connectivity index (χ1) is 9.28. The molecule has 118 valence electrons. The summed E-state index contributed by atoms with van der Waals surface area (Å²) in [6, 6.07) is 0.457. The molecule has 5 heteroatoms. The first-order valence-electron chi connectivity index (χ1n) is 8.00. The zero-order valence-electron chi connectivity index (χ0n) is 12.7. The molecule has 1 aliphatic carbocycles. The third kappa shape index (κ3) is 5.98. The molecule has 1 heterocycles. The van der Waals surface area contributed by atoms with Crippen LogP contribution in [0.25, 0.3) is 0 Å². The van der Waals surface area contributed by atoms with E-state index in [4.69, 9.17) is 0 Å². The maximum Gasteiger partial charge on any atom is 0.234 e. The maximum atomic E-state index is 12.0. The van der Waals surface area contributed by atoms with Gasteiger partial charge in [0.05, 0.1) is 6.54 Å². The monoisotopic (exact) mass is 303 g/mol. The number of amides is 1. The van der Waals surface area contributed by atoms with E-state index in [-0.39, 0.29) is 18.3 Å². The van der Waals surface area contributed by atoms with Crippen LogP contribution in [-0.2, 0) is 4.79 Å². The van der Waals surface area contributed by atoms with Crippen molar-refractivity contribution in [1.82, 2.24) is 15.5 Å². The van der Waals surface area contributed by atoms with E-state index in [0.717, 1.165) is 32.1 Å². The summed E-state index contributed by atoms with van der Waals surface area (Å²) in [7, 11) is 0. The highest BCUT2D eigenvalue weighted by Crippen LogP contribution is 2.18. The summed E-state index contributed by atoms with van der Waals surface area (Å²) >= 11 is 0. The van der Waals surface area contributed by atoms with Gasteiger partial charge in [-0.15, -0.1) is 12.4 Å². The van der Waals surface area contributed by atoms with E-state index in [1.807, 2.05) is 0 Å². The van der Waals surface area contributed by atoms with Gasteiger partial charge in [-0.2, -0.15) is 0 Å². The molecule has 1 saturated heterocycles. The van der Waals surface area contributed by atoms with Crippen LogP contribution in [-0.4, -0.2) is 49.6 Å². The molecule has 20 heavy (non-hydrogen) atoms. The van der Waals surface area contributed by atoms with E-state index in [9.17, 15) is 4.79 Å². The molecule has 0 aromatic heterocycles. The molecule has 0 spiro atoms. The molecule has 1 saturated carbocycles. The Labute approximate surface area is 129 Å². The first kappa shape index (κ1) is 17.7. The SMILES string of the molecule is CCNCC1CCN(CC(=O)NC2CCCC2)CC1.Cl. The van der Waals surface area contributed by atoms with Crippen molar-refractivity contribution in [2.75, 3.05) is 32.7 Å². The molecule has 4 nitrogen and oxygen atoms in total. The Kier molecular flexibility index (Phi) is 8.50. The molecule has 0 bridgehead atoms. The minimum Gasteiger partial charge on any atom is -0.352 e. The summed E-state index contributed by atoms with van der Waals surface area (Å²) < 4.78 is 0. The molecule has 2 fully saturated rings. The van der Waals surface area contributed by atoms with Crippen LogP contribution in [0.3, 0.4) is 0 Å². The van der Waals surface area contributed by atoms with Crippen LogP contribution >= 0.6 is 12.4 Å². The molecule has 0 aromatic carbocycles. The predicted molar refractivity (Wildman–Crippen MR) is 85.4 cm³/mol. The summed E-state index contributed by atoms with van der Waals surface area (Å²) in [6.45, 7) is 7.11. The van der Waals surface area contributed by atoms with Crippen molar-refractivity contribution in [2.45, 2.75) is 51.5 Å². The molecule has 0 atom stereocenters. The average molecular weight is 304 g/mol. The number of halogens is 1. The lowest BCUT2D eigenvalue weighted by Gasteiger charge is -2.31. The largest absolute Gasteiger partial charge is 0.352 e. The van der Waals surface area contributed by atoms with Gasteiger partial charge in [0.1, 0.15) is 0 Å². The van der Waals surface area contributed by atoms with Gasteiger partial charge in [-0.1, -0.05) is 19.8 Å². The zero-order chi connectivity index (χ0) is 13.5. The number of likely N-dealkylation sites (tertiary alicyclic amines) is 1. The minimum absolute atomic E-state index is 0. The Morgan fingerprint density at radius 2 is 1.80 bits per heavy atom. The van der Waals surface area contributed by atoms with Gasteiger partial charge in [0.25, 0.3) is 0 Å². The summed E-state index contributed by atoms with van der Waals surface area (Å²) in [5.41, 5.74) is 0. The topological polar surface area (TPSA) is 44.4 Å². The van der Waals surface area contributed by atoms with Gasteiger partial charge in [-0.05, 0) is 57.8 Å². The van der Waals surface area contributed by atoms with E-state index in [0.29, 0.717) is 12.6 Å². The Hall–Kier alpha value is -0.320. The van der Waals surface area contributed by atoms with Gasteiger partial charge < -0.3 is 10.6 Å². The first-order valence-corrected chi connectivity index (χ1v) is 8.00. The highest BCUT2D eigenvalue weighted by molar-refractivity contribution is 5.85. The third-order valence-corrected chi connectivity index (χ3v) is 4.48. The molecule has 2 N–H and O–H groups in total. The quantitative estimate of drug-likeness (QED) is 0.786. The minimum atomic E-state index is 0. The Morgan fingerprint density at radius 1 is 1.15 bits per heavy atom. The lowest BCUT2D eigenvalue weighted by Crippen LogP contribution is -2.44. The fourth-order valence-corrected chi connectivity index (χ4v) is 3.24. The summed E-state index contributed by atoms with van der Waals surface area (Å²) in [6.07, 6.45) is 7.36. The number of piperidine rings is 1. The third-order valence-electron chi connectivity index (χ3n) is 4.48. The number of nitrogens with one attached hydrogen (secondary N) is 2. The fourth-order valence-electron chi connectivity index (χ4n) is 3.24. The van der Waals surface area contributed by atoms with Crippen molar-refractivity contribution in [3.63, 3.8) is 0 Å². The van der Waals surface area contributed by atoms with Crippen molar-refractivity contribution in [3.8, 4) is 0 Å². The van der Waals surface area contributed by atoms with Crippen LogP contribution in [0, 0.1) is 5.92 Å². The highest BCUT2D eigenvalue weighted by atomic mass is 35.5. The Balaban J connectivity index is 0.00000200.